The summed E-state index contributed by atoms with van der Waals surface area (Å²) in [7, 11) is 0. The molecule has 0 saturated carbocycles. The Morgan fingerprint density at radius 2 is 1.70 bits per heavy atom. The van der Waals surface area contributed by atoms with Gasteiger partial charge in [0.05, 0.1) is 16.8 Å². The van der Waals surface area contributed by atoms with Gasteiger partial charge in [-0.05, 0) is 76.3 Å². The Balaban J connectivity index is 0.936. The second-order valence-electron chi connectivity index (χ2n) is 13.8. The maximum Gasteiger partial charge on any atom is 0.266 e. The van der Waals surface area contributed by atoms with Crippen molar-refractivity contribution in [1.82, 2.24) is 25.0 Å². The van der Waals surface area contributed by atoms with Crippen molar-refractivity contribution < 1.29 is 28.7 Å². The number of unbranched alkanes of at least 4 members (excludes halogenated alkanes) is 2. The predicted molar refractivity (Wildman–Crippen MR) is 204 cm³/mol. The van der Waals surface area contributed by atoms with Crippen LogP contribution in [0.1, 0.15) is 111 Å². The lowest BCUT2D eigenvalue weighted by Gasteiger charge is -2.29. The van der Waals surface area contributed by atoms with Crippen molar-refractivity contribution in [3.63, 3.8) is 0 Å². The van der Waals surface area contributed by atoms with Gasteiger partial charge in [0.25, 0.3) is 11.8 Å². The van der Waals surface area contributed by atoms with Crippen molar-refractivity contribution in [2.75, 3.05) is 6.61 Å². The standard InChI is InChI=1S/C40H39ClN6O6S/c1-21-13-18-31(37(50)42-21)47-38(51)29-11-8-12-32(34(29)39(47)52)53-20-28(49)10-7-5-6-9-27(48)19-30-36-45-44-24(4)46(36)40-33(22(2)23(3)54-40)35(43-30)25-14-16-26(41)17-15-25/h8,11-12,14-17,30-31H,1,5-7,9-10,13,18-20H2,2-4H3,(H,42,50)/t30-,31?/m0/s1. The molecule has 3 aliphatic rings. The lowest BCUT2D eigenvalue weighted by Crippen LogP contribution is -2.51. The van der Waals surface area contributed by atoms with E-state index >= 15 is 0 Å². The molecule has 1 fully saturated rings. The zero-order valence-corrected chi connectivity index (χ0v) is 31.8. The minimum Gasteiger partial charge on any atom is -0.485 e. The van der Waals surface area contributed by atoms with Gasteiger partial charge >= 0.3 is 0 Å². The number of thiophene rings is 1. The number of piperidine rings is 1. The van der Waals surface area contributed by atoms with Crippen LogP contribution in [0.5, 0.6) is 5.75 Å². The quantitative estimate of drug-likeness (QED) is 0.116. The fourth-order valence-corrected chi connectivity index (χ4v) is 8.53. The molecule has 2 aromatic heterocycles. The number of rotatable bonds is 13. The summed E-state index contributed by atoms with van der Waals surface area (Å²) in [4.78, 5) is 72.6. The molecule has 1 N–H and O–H groups in total. The average molecular weight is 767 g/mol. The maximum absolute atomic E-state index is 13.4. The molecule has 3 aliphatic heterocycles. The maximum atomic E-state index is 13.4. The predicted octanol–water partition coefficient (Wildman–Crippen LogP) is 6.75. The molecule has 3 amide bonds. The van der Waals surface area contributed by atoms with Crippen LogP contribution in [0.4, 0.5) is 0 Å². The number of aryl methyl sites for hydroxylation is 2. The Labute approximate surface area is 321 Å². The van der Waals surface area contributed by atoms with Crippen LogP contribution in [0.3, 0.4) is 0 Å². The normalized spacial score (nSPS) is 17.8. The number of halogens is 1. The average Bonchev–Trinajstić information content (AvgIpc) is 3.72. The first-order valence-electron chi connectivity index (χ1n) is 17.9. The van der Waals surface area contributed by atoms with Gasteiger partial charge in [0, 0.05) is 46.0 Å². The van der Waals surface area contributed by atoms with Gasteiger partial charge in [-0.25, -0.2) is 0 Å². The summed E-state index contributed by atoms with van der Waals surface area (Å²) in [5.74, 6) is -0.295. The lowest BCUT2D eigenvalue weighted by atomic mass is 9.99. The van der Waals surface area contributed by atoms with Gasteiger partial charge in [-0.3, -0.25) is 38.4 Å². The van der Waals surface area contributed by atoms with Crippen molar-refractivity contribution in [3.8, 4) is 10.8 Å². The number of nitrogens with zero attached hydrogens (tertiary/aromatic N) is 5. The number of nitrogens with one attached hydrogen (secondary N) is 1. The summed E-state index contributed by atoms with van der Waals surface area (Å²) in [5.41, 5.74) is 4.56. The van der Waals surface area contributed by atoms with E-state index in [1.165, 1.54) is 17.0 Å². The number of aromatic nitrogens is 3. The monoisotopic (exact) mass is 766 g/mol. The summed E-state index contributed by atoms with van der Waals surface area (Å²) in [5, 5.41) is 13.1. The Hall–Kier alpha value is -5.27. The summed E-state index contributed by atoms with van der Waals surface area (Å²) >= 11 is 7.88. The molecule has 4 aromatic rings. The molecule has 1 saturated heterocycles. The molecule has 1 unspecified atom stereocenters. The van der Waals surface area contributed by atoms with E-state index in [9.17, 15) is 24.0 Å². The van der Waals surface area contributed by atoms with Gasteiger partial charge in [-0.1, -0.05) is 42.8 Å². The number of hydrogen-bond acceptors (Lipinski definition) is 10. The lowest BCUT2D eigenvalue weighted by molar-refractivity contribution is -0.125. The number of carbonyl (C=O) groups excluding carboxylic acids is 5. The smallest absolute Gasteiger partial charge is 0.266 e. The minimum atomic E-state index is -0.942. The summed E-state index contributed by atoms with van der Waals surface area (Å²) < 4.78 is 7.78. The summed E-state index contributed by atoms with van der Waals surface area (Å²) in [6, 6.07) is 10.7. The molecule has 5 heterocycles. The third kappa shape index (κ3) is 7.05. The van der Waals surface area contributed by atoms with Crippen molar-refractivity contribution in [1.29, 1.82) is 0 Å². The minimum absolute atomic E-state index is 0.0426. The second-order valence-corrected chi connectivity index (χ2v) is 15.5. The second kappa shape index (κ2) is 15.2. The number of carbonyl (C=O) groups is 5. The molecular weight excluding hydrogens is 728 g/mol. The molecule has 54 heavy (non-hydrogen) atoms. The Morgan fingerprint density at radius 3 is 2.44 bits per heavy atom. The van der Waals surface area contributed by atoms with E-state index in [0.29, 0.717) is 48.6 Å². The number of imide groups is 1. The van der Waals surface area contributed by atoms with Gasteiger partial charge in [-0.15, -0.1) is 21.5 Å². The van der Waals surface area contributed by atoms with Crippen LogP contribution in [0.15, 0.2) is 59.7 Å². The Kier molecular flexibility index (Phi) is 10.5. The molecule has 0 spiro atoms. The number of benzene rings is 2. The van der Waals surface area contributed by atoms with E-state index in [-0.39, 0.29) is 54.3 Å². The SMILES string of the molecule is C=C1CCC(N2C(=O)c3cccc(OCC(=O)CCCCCC(=O)C[C@@H]4N=C(c5ccc(Cl)cc5)c5c(sc(C)c5C)-n5c(C)nnc54)c3C2=O)C(=O)N1. The van der Waals surface area contributed by atoms with Gasteiger partial charge in [-0.2, -0.15) is 0 Å². The summed E-state index contributed by atoms with van der Waals surface area (Å²) in [6.45, 7) is 9.55. The van der Waals surface area contributed by atoms with Gasteiger partial charge in [0.1, 0.15) is 41.0 Å². The van der Waals surface area contributed by atoms with Gasteiger partial charge < -0.3 is 10.1 Å². The molecule has 278 valence electrons. The fourth-order valence-electron chi connectivity index (χ4n) is 7.19. The Morgan fingerprint density at radius 1 is 0.963 bits per heavy atom. The number of Topliss-reactive ketones (excluding diaryl/α,β-unsaturated/α-hetero) is 2. The van der Waals surface area contributed by atoms with E-state index in [4.69, 9.17) is 21.3 Å². The molecule has 0 radical (unpaired) electrons. The number of ketones is 2. The molecular formula is C40H39ClN6O6S. The van der Waals surface area contributed by atoms with Crippen LogP contribution in [0.25, 0.3) is 5.00 Å². The van der Waals surface area contributed by atoms with E-state index in [2.05, 4.69) is 35.9 Å². The highest BCUT2D eigenvalue weighted by atomic mass is 35.5. The van der Waals surface area contributed by atoms with Crippen molar-refractivity contribution in [3.05, 3.63) is 104 Å². The van der Waals surface area contributed by atoms with E-state index in [0.717, 1.165) is 38.1 Å². The van der Waals surface area contributed by atoms with Gasteiger partial charge in [0.15, 0.2) is 11.6 Å². The van der Waals surface area contributed by atoms with Crippen LogP contribution >= 0.6 is 22.9 Å². The zero-order chi connectivity index (χ0) is 38.3. The molecule has 7 rings (SSSR count). The van der Waals surface area contributed by atoms with E-state index in [1.54, 1.807) is 17.4 Å². The van der Waals surface area contributed by atoms with Gasteiger partial charge in [0.2, 0.25) is 5.91 Å². The van der Waals surface area contributed by atoms with Crippen LogP contribution in [-0.2, 0) is 14.4 Å². The van der Waals surface area contributed by atoms with E-state index in [1.807, 2.05) is 35.8 Å². The number of ether oxygens (including phenoxy) is 1. The van der Waals surface area contributed by atoms with Crippen molar-refractivity contribution >= 4 is 57.9 Å². The number of hydrogen-bond donors (Lipinski definition) is 1. The topological polar surface area (TPSA) is 153 Å². The van der Waals surface area contributed by atoms with Crippen molar-refractivity contribution in [2.45, 2.75) is 84.2 Å². The number of allylic oxidation sites excluding steroid dienone is 1. The third-order valence-corrected chi connectivity index (χ3v) is 11.6. The molecule has 12 nitrogen and oxygen atoms in total. The molecule has 0 aliphatic carbocycles. The molecule has 2 aromatic carbocycles. The van der Waals surface area contributed by atoms with Crippen molar-refractivity contribution in [2.24, 2.45) is 4.99 Å². The largest absolute Gasteiger partial charge is 0.485 e. The molecule has 14 heteroatoms. The highest BCUT2D eigenvalue weighted by Gasteiger charge is 2.45. The third-order valence-electron chi connectivity index (χ3n) is 10.1. The summed E-state index contributed by atoms with van der Waals surface area (Å²) in [6.07, 6.45) is 3.28. The molecule has 0 bridgehead atoms. The van der Waals surface area contributed by atoms with Crippen LogP contribution in [0, 0.1) is 20.8 Å². The van der Waals surface area contributed by atoms with E-state index < -0.39 is 29.8 Å². The first-order valence-corrected chi connectivity index (χ1v) is 19.1. The molecule has 2 atom stereocenters. The number of fused-ring (bicyclic) bond motifs is 4. The highest BCUT2D eigenvalue weighted by Crippen LogP contribution is 2.40. The number of amides is 3. The first kappa shape index (κ1) is 37.1. The fraction of sp³-hybridized carbons (Fsp3) is 0.350. The van der Waals surface area contributed by atoms with Crippen LogP contribution < -0.4 is 10.1 Å². The highest BCUT2D eigenvalue weighted by molar-refractivity contribution is 7.15. The zero-order valence-electron chi connectivity index (χ0n) is 30.2. The Bertz CT molecular complexity index is 2260. The van der Waals surface area contributed by atoms with Crippen LogP contribution in [-0.4, -0.2) is 67.3 Å². The van der Waals surface area contributed by atoms with Crippen LogP contribution in [0.2, 0.25) is 5.02 Å². The number of aliphatic imine (C=N–C) groups is 1. The first-order chi connectivity index (χ1) is 25.9.